The van der Waals surface area contributed by atoms with Crippen molar-refractivity contribution < 1.29 is 0 Å². The van der Waals surface area contributed by atoms with Gasteiger partial charge in [-0.05, 0) is 25.3 Å². The van der Waals surface area contributed by atoms with Gasteiger partial charge in [-0.25, -0.2) is 0 Å². The molecule has 2 fully saturated rings. The van der Waals surface area contributed by atoms with Crippen molar-refractivity contribution in [2.24, 2.45) is 16.6 Å². The molecule has 3 heterocycles. The summed E-state index contributed by atoms with van der Waals surface area (Å²) >= 11 is 0. The SMILES string of the molecule is CN1C(N)=NCC12CCN1CCC2C1. The van der Waals surface area contributed by atoms with Crippen molar-refractivity contribution >= 4 is 5.96 Å². The van der Waals surface area contributed by atoms with Crippen LogP contribution in [0.25, 0.3) is 0 Å². The van der Waals surface area contributed by atoms with Crippen LogP contribution in [0.15, 0.2) is 4.99 Å². The molecule has 3 unspecified atom stereocenters. The minimum absolute atomic E-state index is 0.275. The highest BCUT2D eigenvalue weighted by Gasteiger charge is 2.51. The first-order chi connectivity index (χ1) is 6.72. The molecule has 0 aromatic rings. The summed E-state index contributed by atoms with van der Waals surface area (Å²) < 4.78 is 0. The van der Waals surface area contributed by atoms with Crippen LogP contribution < -0.4 is 5.73 Å². The van der Waals surface area contributed by atoms with Crippen molar-refractivity contribution in [1.82, 2.24) is 9.80 Å². The lowest BCUT2D eigenvalue weighted by molar-refractivity contribution is 0.0870. The first-order valence-electron chi connectivity index (χ1n) is 5.48. The minimum Gasteiger partial charge on any atom is -0.370 e. The molecule has 0 aromatic carbocycles. The molecule has 3 atom stereocenters. The van der Waals surface area contributed by atoms with E-state index in [0.29, 0.717) is 0 Å². The quantitative estimate of drug-likeness (QED) is 0.576. The molecular weight excluding hydrogens is 176 g/mol. The molecule has 0 aromatic heterocycles. The lowest BCUT2D eigenvalue weighted by atomic mass is 9.78. The Hall–Kier alpha value is -0.770. The zero-order valence-electron chi connectivity index (χ0n) is 8.74. The Kier molecular flexibility index (Phi) is 1.60. The third-order valence-corrected chi connectivity index (χ3v) is 4.42. The number of likely N-dealkylation sites (N-methyl/N-ethyl adjacent to an activating group) is 1. The van der Waals surface area contributed by atoms with Crippen LogP contribution in [0.5, 0.6) is 0 Å². The molecule has 4 heteroatoms. The Labute approximate surface area is 84.8 Å². The number of guanidine groups is 1. The second-order valence-corrected chi connectivity index (χ2v) is 4.87. The maximum absolute atomic E-state index is 5.88. The van der Waals surface area contributed by atoms with Crippen molar-refractivity contribution in [1.29, 1.82) is 0 Å². The fourth-order valence-electron chi connectivity index (χ4n) is 3.34. The monoisotopic (exact) mass is 194 g/mol. The Morgan fingerprint density at radius 3 is 3.07 bits per heavy atom. The van der Waals surface area contributed by atoms with E-state index in [1.807, 2.05) is 0 Å². The average molecular weight is 194 g/mol. The Bertz CT molecular complexity index is 288. The molecule has 4 nitrogen and oxygen atoms in total. The van der Waals surface area contributed by atoms with Gasteiger partial charge in [0.15, 0.2) is 5.96 Å². The molecule has 1 spiro atoms. The molecule has 14 heavy (non-hydrogen) atoms. The van der Waals surface area contributed by atoms with Crippen molar-refractivity contribution in [3.8, 4) is 0 Å². The van der Waals surface area contributed by atoms with Crippen LogP contribution in [-0.4, -0.2) is 54.5 Å². The molecule has 3 rings (SSSR count). The van der Waals surface area contributed by atoms with E-state index >= 15 is 0 Å². The maximum Gasteiger partial charge on any atom is 0.191 e. The zero-order chi connectivity index (χ0) is 9.76. The molecule has 0 aliphatic carbocycles. The number of aliphatic imine (C=N–C) groups is 1. The molecule has 0 amide bonds. The predicted molar refractivity (Wildman–Crippen MR) is 56.1 cm³/mol. The van der Waals surface area contributed by atoms with Crippen molar-refractivity contribution in [2.45, 2.75) is 18.4 Å². The topological polar surface area (TPSA) is 44.9 Å². The van der Waals surface area contributed by atoms with Crippen LogP contribution in [0.1, 0.15) is 12.8 Å². The molecule has 2 saturated heterocycles. The van der Waals surface area contributed by atoms with Crippen molar-refractivity contribution in [3.63, 3.8) is 0 Å². The highest BCUT2D eigenvalue weighted by Crippen LogP contribution is 2.41. The summed E-state index contributed by atoms with van der Waals surface area (Å²) in [6, 6.07) is 0. The van der Waals surface area contributed by atoms with Gasteiger partial charge < -0.3 is 15.5 Å². The summed E-state index contributed by atoms with van der Waals surface area (Å²) in [5.74, 6) is 1.52. The molecule has 3 aliphatic rings. The number of hydrogen-bond acceptors (Lipinski definition) is 4. The smallest absolute Gasteiger partial charge is 0.191 e. The fourth-order valence-corrected chi connectivity index (χ4v) is 3.34. The van der Waals surface area contributed by atoms with Gasteiger partial charge in [0.2, 0.25) is 0 Å². The number of fused-ring (bicyclic) bond motifs is 3. The van der Waals surface area contributed by atoms with Crippen molar-refractivity contribution in [3.05, 3.63) is 0 Å². The van der Waals surface area contributed by atoms with Gasteiger partial charge in [0.25, 0.3) is 0 Å². The van der Waals surface area contributed by atoms with Crippen LogP contribution in [0.3, 0.4) is 0 Å². The normalized spacial score (nSPS) is 46.1. The maximum atomic E-state index is 5.88. The minimum atomic E-state index is 0.275. The van der Waals surface area contributed by atoms with E-state index in [2.05, 4.69) is 21.8 Å². The standard InChI is InChI=1S/C10H18N4/c1-13-9(11)12-7-10(13)3-5-14-4-2-8(10)6-14/h8H,2-7H2,1H3,(H2,11,12). The number of piperidine rings is 1. The summed E-state index contributed by atoms with van der Waals surface area (Å²) in [5, 5.41) is 0. The lowest BCUT2D eigenvalue weighted by Crippen LogP contribution is -2.58. The predicted octanol–water partition coefficient (Wildman–Crippen LogP) is -0.289. The second-order valence-electron chi connectivity index (χ2n) is 4.87. The van der Waals surface area contributed by atoms with Crippen LogP contribution >= 0.6 is 0 Å². The zero-order valence-corrected chi connectivity index (χ0v) is 8.74. The van der Waals surface area contributed by atoms with Gasteiger partial charge in [-0.1, -0.05) is 0 Å². The Balaban J connectivity index is 1.90. The summed E-state index contributed by atoms with van der Waals surface area (Å²) in [4.78, 5) is 9.22. The van der Waals surface area contributed by atoms with E-state index in [1.54, 1.807) is 0 Å². The van der Waals surface area contributed by atoms with Gasteiger partial charge in [0, 0.05) is 20.1 Å². The molecule has 2 bridgehead atoms. The third kappa shape index (κ3) is 0.895. The molecular formula is C10H18N4. The highest BCUT2D eigenvalue weighted by molar-refractivity contribution is 5.80. The van der Waals surface area contributed by atoms with E-state index in [0.717, 1.165) is 18.4 Å². The Morgan fingerprint density at radius 1 is 1.50 bits per heavy atom. The first-order valence-corrected chi connectivity index (χ1v) is 5.48. The van der Waals surface area contributed by atoms with Crippen LogP contribution in [-0.2, 0) is 0 Å². The largest absolute Gasteiger partial charge is 0.370 e. The summed E-state index contributed by atoms with van der Waals surface area (Å²) in [6.45, 7) is 4.69. The van der Waals surface area contributed by atoms with Crippen LogP contribution in [0.2, 0.25) is 0 Å². The number of nitrogens with two attached hydrogens (primary N) is 1. The Morgan fingerprint density at radius 2 is 2.36 bits per heavy atom. The first kappa shape index (κ1) is 8.53. The number of hydrogen-bond donors (Lipinski definition) is 1. The van der Waals surface area contributed by atoms with E-state index < -0.39 is 0 Å². The van der Waals surface area contributed by atoms with E-state index in [-0.39, 0.29) is 5.54 Å². The summed E-state index contributed by atoms with van der Waals surface area (Å²) in [7, 11) is 2.11. The van der Waals surface area contributed by atoms with Gasteiger partial charge in [-0.15, -0.1) is 0 Å². The third-order valence-electron chi connectivity index (χ3n) is 4.42. The van der Waals surface area contributed by atoms with Gasteiger partial charge in [-0.2, -0.15) is 0 Å². The van der Waals surface area contributed by atoms with Gasteiger partial charge in [0.05, 0.1) is 12.1 Å². The summed E-state index contributed by atoms with van der Waals surface area (Å²) in [5.41, 5.74) is 6.15. The number of nitrogens with zero attached hydrogens (tertiary/aromatic N) is 3. The van der Waals surface area contributed by atoms with Crippen LogP contribution in [0.4, 0.5) is 0 Å². The molecule has 2 N–H and O–H groups in total. The van der Waals surface area contributed by atoms with Gasteiger partial charge in [0.1, 0.15) is 0 Å². The number of rotatable bonds is 0. The summed E-state index contributed by atoms with van der Waals surface area (Å²) in [6.07, 6.45) is 2.56. The fraction of sp³-hybridized carbons (Fsp3) is 0.900. The molecule has 3 aliphatic heterocycles. The highest BCUT2D eigenvalue weighted by atomic mass is 15.4. The van der Waals surface area contributed by atoms with Crippen LogP contribution in [0, 0.1) is 5.92 Å². The van der Waals surface area contributed by atoms with Gasteiger partial charge >= 0.3 is 0 Å². The van der Waals surface area contributed by atoms with E-state index in [4.69, 9.17) is 5.73 Å². The second kappa shape index (κ2) is 2.63. The average Bonchev–Trinajstić information content (AvgIpc) is 2.71. The van der Waals surface area contributed by atoms with E-state index in [1.165, 1.54) is 32.5 Å². The van der Waals surface area contributed by atoms with E-state index in [9.17, 15) is 0 Å². The molecule has 78 valence electrons. The molecule has 0 radical (unpaired) electrons. The lowest BCUT2D eigenvalue weighted by Gasteiger charge is -2.45. The van der Waals surface area contributed by atoms with Crippen molar-refractivity contribution in [2.75, 3.05) is 33.2 Å². The molecule has 0 saturated carbocycles. The van der Waals surface area contributed by atoms with Gasteiger partial charge in [-0.3, -0.25) is 4.99 Å².